The molecule has 106 valence electrons. The molecule has 1 rings (SSSR count). The van der Waals surface area contributed by atoms with E-state index in [0.29, 0.717) is 31.0 Å². The zero-order chi connectivity index (χ0) is 13.4. The highest BCUT2D eigenvalue weighted by molar-refractivity contribution is 5.76. The molecule has 18 heavy (non-hydrogen) atoms. The summed E-state index contributed by atoms with van der Waals surface area (Å²) in [6.45, 7) is 6.65. The van der Waals surface area contributed by atoms with Crippen LogP contribution in [0.2, 0.25) is 0 Å². The smallest absolute Gasteiger partial charge is 0.221 e. The average molecular weight is 256 g/mol. The fourth-order valence-electron chi connectivity index (χ4n) is 2.37. The summed E-state index contributed by atoms with van der Waals surface area (Å²) in [5.74, 6) is 0.107. The molecule has 1 saturated carbocycles. The van der Waals surface area contributed by atoms with Crippen molar-refractivity contribution in [3.05, 3.63) is 0 Å². The van der Waals surface area contributed by atoms with E-state index in [0.717, 1.165) is 6.54 Å². The molecule has 0 radical (unpaired) electrons. The van der Waals surface area contributed by atoms with Crippen LogP contribution in [0.3, 0.4) is 0 Å². The van der Waals surface area contributed by atoms with Gasteiger partial charge in [-0.3, -0.25) is 4.79 Å². The van der Waals surface area contributed by atoms with Gasteiger partial charge in [-0.15, -0.1) is 0 Å². The summed E-state index contributed by atoms with van der Waals surface area (Å²) in [5.41, 5.74) is 0.510. The Balaban J connectivity index is 2.03. The molecule has 0 aromatic heterocycles. The number of hydrogen-bond acceptors (Lipinski definition) is 3. The number of rotatable bonds is 7. The maximum absolute atomic E-state index is 11.5. The number of ether oxygens (including phenoxy) is 1. The van der Waals surface area contributed by atoms with E-state index in [1.54, 1.807) is 7.11 Å². The SMILES string of the molecule is COCCNC(=O)CCNC1CCC(C)(C)CC1. The first kappa shape index (κ1) is 15.4. The first-order valence-electron chi connectivity index (χ1n) is 7.02. The maximum Gasteiger partial charge on any atom is 0.221 e. The van der Waals surface area contributed by atoms with Crippen molar-refractivity contribution in [2.75, 3.05) is 26.8 Å². The number of amides is 1. The summed E-state index contributed by atoms with van der Waals surface area (Å²) in [5, 5.41) is 6.32. The third-order valence-electron chi connectivity index (χ3n) is 3.75. The van der Waals surface area contributed by atoms with Crippen molar-refractivity contribution < 1.29 is 9.53 Å². The highest BCUT2D eigenvalue weighted by Crippen LogP contribution is 2.34. The lowest BCUT2D eigenvalue weighted by Crippen LogP contribution is -2.38. The molecule has 2 N–H and O–H groups in total. The predicted molar refractivity (Wildman–Crippen MR) is 73.5 cm³/mol. The van der Waals surface area contributed by atoms with Gasteiger partial charge in [-0.25, -0.2) is 0 Å². The summed E-state index contributed by atoms with van der Waals surface area (Å²) < 4.78 is 4.88. The second-order valence-electron chi connectivity index (χ2n) is 5.99. The number of nitrogens with one attached hydrogen (secondary N) is 2. The van der Waals surface area contributed by atoms with Gasteiger partial charge in [0.1, 0.15) is 0 Å². The molecule has 0 saturated heterocycles. The minimum absolute atomic E-state index is 0.107. The summed E-state index contributed by atoms with van der Waals surface area (Å²) in [7, 11) is 1.64. The van der Waals surface area contributed by atoms with Gasteiger partial charge < -0.3 is 15.4 Å². The number of carbonyl (C=O) groups excluding carboxylic acids is 1. The van der Waals surface area contributed by atoms with Gasteiger partial charge in [0.05, 0.1) is 6.61 Å². The fourth-order valence-corrected chi connectivity index (χ4v) is 2.37. The molecule has 1 aliphatic rings. The van der Waals surface area contributed by atoms with Gasteiger partial charge in [-0.1, -0.05) is 13.8 Å². The molecule has 0 aliphatic heterocycles. The van der Waals surface area contributed by atoms with Gasteiger partial charge in [0.25, 0.3) is 0 Å². The van der Waals surface area contributed by atoms with Crippen LogP contribution in [0.4, 0.5) is 0 Å². The van der Waals surface area contributed by atoms with E-state index in [9.17, 15) is 4.79 Å². The van der Waals surface area contributed by atoms with Crippen molar-refractivity contribution in [2.24, 2.45) is 5.41 Å². The van der Waals surface area contributed by atoms with Crippen molar-refractivity contribution in [3.8, 4) is 0 Å². The highest BCUT2D eigenvalue weighted by atomic mass is 16.5. The molecule has 1 fully saturated rings. The Morgan fingerprint density at radius 1 is 1.28 bits per heavy atom. The minimum atomic E-state index is 0.107. The molecule has 0 spiro atoms. The predicted octanol–water partition coefficient (Wildman–Crippen LogP) is 1.70. The lowest BCUT2D eigenvalue weighted by Gasteiger charge is -2.34. The molecule has 0 unspecified atom stereocenters. The first-order chi connectivity index (χ1) is 8.53. The van der Waals surface area contributed by atoms with Crippen molar-refractivity contribution in [1.29, 1.82) is 0 Å². The Hall–Kier alpha value is -0.610. The van der Waals surface area contributed by atoms with Crippen LogP contribution in [-0.2, 0) is 9.53 Å². The quantitative estimate of drug-likeness (QED) is 0.682. The molecular weight excluding hydrogens is 228 g/mol. The molecule has 1 amide bonds. The third kappa shape index (κ3) is 6.36. The topological polar surface area (TPSA) is 50.4 Å². The van der Waals surface area contributed by atoms with Crippen LogP contribution < -0.4 is 10.6 Å². The molecule has 0 aromatic carbocycles. The molecule has 0 heterocycles. The van der Waals surface area contributed by atoms with Gasteiger partial charge in [0, 0.05) is 32.7 Å². The van der Waals surface area contributed by atoms with Crippen LogP contribution >= 0.6 is 0 Å². The average Bonchev–Trinajstić information content (AvgIpc) is 2.32. The Bertz CT molecular complexity index is 244. The van der Waals surface area contributed by atoms with Crippen molar-refractivity contribution in [3.63, 3.8) is 0 Å². The minimum Gasteiger partial charge on any atom is -0.383 e. The summed E-state index contributed by atoms with van der Waals surface area (Å²) in [4.78, 5) is 11.5. The van der Waals surface area contributed by atoms with Gasteiger partial charge in [-0.2, -0.15) is 0 Å². The lowest BCUT2D eigenvalue weighted by molar-refractivity contribution is -0.121. The van der Waals surface area contributed by atoms with Crippen LogP contribution in [0.1, 0.15) is 46.0 Å². The Morgan fingerprint density at radius 3 is 2.56 bits per heavy atom. The van der Waals surface area contributed by atoms with Gasteiger partial charge in [0.15, 0.2) is 0 Å². The van der Waals surface area contributed by atoms with Gasteiger partial charge >= 0.3 is 0 Å². The molecule has 4 nitrogen and oxygen atoms in total. The van der Waals surface area contributed by atoms with E-state index < -0.39 is 0 Å². The first-order valence-corrected chi connectivity index (χ1v) is 7.02. The van der Waals surface area contributed by atoms with Crippen LogP contribution in [0, 0.1) is 5.41 Å². The van der Waals surface area contributed by atoms with E-state index in [1.807, 2.05) is 0 Å². The maximum atomic E-state index is 11.5. The molecule has 4 heteroatoms. The molecule has 1 aliphatic carbocycles. The van der Waals surface area contributed by atoms with Crippen LogP contribution in [-0.4, -0.2) is 38.8 Å². The second kappa shape index (κ2) is 7.74. The Labute approximate surface area is 111 Å². The number of carbonyl (C=O) groups is 1. The summed E-state index contributed by atoms with van der Waals surface area (Å²) >= 11 is 0. The summed E-state index contributed by atoms with van der Waals surface area (Å²) in [6, 6.07) is 0.602. The van der Waals surface area contributed by atoms with E-state index >= 15 is 0 Å². The zero-order valence-electron chi connectivity index (χ0n) is 12.1. The van der Waals surface area contributed by atoms with E-state index in [2.05, 4.69) is 24.5 Å². The molecule has 0 atom stereocenters. The van der Waals surface area contributed by atoms with E-state index in [4.69, 9.17) is 4.74 Å². The summed E-state index contributed by atoms with van der Waals surface area (Å²) in [6.07, 6.45) is 5.59. The van der Waals surface area contributed by atoms with E-state index in [1.165, 1.54) is 25.7 Å². The molecule has 0 aromatic rings. The van der Waals surface area contributed by atoms with Crippen LogP contribution in [0.25, 0.3) is 0 Å². The fraction of sp³-hybridized carbons (Fsp3) is 0.929. The lowest BCUT2D eigenvalue weighted by atomic mass is 9.75. The van der Waals surface area contributed by atoms with Crippen molar-refractivity contribution >= 4 is 5.91 Å². The van der Waals surface area contributed by atoms with Crippen LogP contribution in [0.5, 0.6) is 0 Å². The largest absolute Gasteiger partial charge is 0.383 e. The molecule has 0 bridgehead atoms. The zero-order valence-corrected chi connectivity index (χ0v) is 12.1. The highest BCUT2D eigenvalue weighted by Gasteiger charge is 2.26. The second-order valence-corrected chi connectivity index (χ2v) is 5.99. The van der Waals surface area contributed by atoms with Gasteiger partial charge in [0.2, 0.25) is 5.91 Å². The third-order valence-corrected chi connectivity index (χ3v) is 3.75. The number of hydrogen-bond donors (Lipinski definition) is 2. The van der Waals surface area contributed by atoms with E-state index in [-0.39, 0.29) is 5.91 Å². The molecular formula is C14H28N2O2. The Kier molecular flexibility index (Phi) is 6.65. The number of methoxy groups -OCH3 is 1. The van der Waals surface area contributed by atoms with Crippen molar-refractivity contribution in [2.45, 2.75) is 52.0 Å². The van der Waals surface area contributed by atoms with Gasteiger partial charge in [-0.05, 0) is 31.1 Å². The van der Waals surface area contributed by atoms with Crippen molar-refractivity contribution in [1.82, 2.24) is 10.6 Å². The van der Waals surface area contributed by atoms with Crippen LogP contribution in [0.15, 0.2) is 0 Å². The normalized spacial score (nSPS) is 19.7. The monoisotopic (exact) mass is 256 g/mol. The standard InChI is InChI=1S/C14H28N2O2/c1-14(2)7-4-12(5-8-14)15-9-6-13(17)16-10-11-18-3/h12,15H,4-11H2,1-3H3,(H,16,17). The Morgan fingerprint density at radius 2 is 1.94 bits per heavy atom.